The number of carbonyl (C=O) groups is 1. The molecule has 0 heterocycles. The second-order valence-corrected chi connectivity index (χ2v) is 4.05. The van der Waals surface area contributed by atoms with E-state index in [2.05, 4.69) is 15.9 Å². The largest absolute Gasteiger partial charge is 0.496 e. The Bertz CT molecular complexity index is 326. The fourth-order valence-corrected chi connectivity index (χ4v) is 2.28. The highest BCUT2D eigenvalue weighted by atomic mass is 79.9. The number of carbonyl (C=O) groups excluding carboxylic acids is 1. The molecule has 0 aliphatic carbocycles. The first-order valence-corrected chi connectivity index (χ1v) is 5.61. The fourth-order valence-electron chi connectivity index (χ4n) is 0.976. The van der Waals surface area contributed by atoms with Gasteiger partial charge in [0.05, 0.1) is 12.7 Å². The number of methoxy groups -OCH3 is 1. The van der Waals surface area contributed by atoms with Gasteiger partial charge in [-0.2, -0.15) is 0 Å². The van der Waals surface area contributed by atoms with Crippen molar-refractivity contribution in [1.82, 2.24) is 0 Å². The van der Waals surface area contributed by atoms with Gasteiger partial charge in [-0.15, -0.1) is 11.8 Å². The van der Waals surface area contributed by atoms with Crippen LogP contribution in [-0.2, 0) is 0 Å². The van der Waals surface area contributed by atoms with E-state index >= 15 is 0 Å². The highest BCUT2D eigenvalue weighted by Gasteiger charge is 2.07. The highest BCUT2D eigenvalue weighted by molar-refractivity contribution is 9.10. The third-order valence-electron chi connectivity index (χ3n) is 1.63. The van der Waals surface area contributed by atoms with E-state index in [4.69, 9.17) is 4.74 Å². The minimum absolute atomic E-state index is 0.579. The van der Waals surface area contributed by atoms with Crippen molar-refractivity contribution < 1.29 is 9.53 Å². The fraction of sp³-hybridized carbons (Fsp3) is 0.222. The highest BCUT2D eigenvalue weighted by Crippen LogP contribution is 2.31. The molecule has 0 unspecified atom stereocenters. The average molecular weight is 261 g/mol. The van der Waals surface area contributed by atoms with Crippen LogP contribution in [0.15, 0.2) is 21.5 Å². The Kier molecular flexibility index (Phi) is 3.81. The van der Waals surface area contributed by atoms with Gasteiger partial charge in [-0.25, -0.2) is 0 Å². The molecule has 0 spiro atoms. The van der Waals surface area contributed by atoms with E-state index in [9.17, 15) is 4.79 Å². The van der Waals surface area contributed by atoms with E-state index in [0.717, 1.165) is 15.7 Å². The summed E-state index contributed by atoms with van der Waals surface area (Å²) in [6.07, 6.45) is 2.76. The topological polar surface area (TPSA) is 26.3 Å². The number of ether oxygens (including phenoxy) is 1. The molecule has 0 saturated heterocycles. The van der Waals surface area contributed by atoms with Crippen LogP contribution in [-0.4, -0.2) is 19.7 Å². The quantitative estimate of drug-likeness (QED) is 0.618. The molecule has 1 rings (SSSR count). The Morgan fingerprint density at radius 2 is 2.23 bits per heavy atom. The molecule has 0 saturated carbocycles. The summed E-state index contributed by atoms with van der Waals surface area (Å²) >= 11 is 4.98. The monoisotopic (exact) mass is 260 g/mol. The molecule has 0 N–H and O–H groups in total. The first kappa shape index (κ1) is 10.6. The summed E-state index contributed by atoms with van der Waals surface area (Å²) in [5.41, 5.74) is 0.579. The van der Waals surface area contributed by atoms with Crippen LogP contribution in [0.2, 0.25) is 0 Å². The molecule has 0 radical (unpaired) electrons. The molecule has 0 atom stereocenters. The molecule has 0 aromatic heterocycles. The maximum Gasteiger partial charge on any atom is 0.153 e. The van der Waals surface area contributed by atoms with Crippen molar-refractivity contribution in [1.29, 1.82) is 0 Å². The van der Waals surface area contributed by atoms with E-state index in [1.807, 2.05) is 6.26 Å². The van der Waals surface area contributed by atoms with Crippen molar-refractivity contribution in [2.75, 3.05) is 13.4 Å². The lowest BCUT2D eigenvalue weighted by molar-refractivity contribution is 0.112. The number of benzene rings is 1. The number of halogens is 1. The number of aldehydes is 1. The van der Waals surface area contributed by atoms with Crippen molar-refractivity contribution in [3.63, 3.8) is 0 Å². The van der Waals surface area contributed by atoms with Crippen LogP contribution in [0.25, 0.3) is 0 Å². The summed E-state index contributed by atoms with van der Waals surface area (Å²) < 4.78 is 5.99. The standard InChI is InChI=1S/C9H9BrO2S/c1-12-8-4-7(10)9(13-2)3-6(8)5-11/h3-5H,1-2H3. The second kappa shape index (κ2) is 4.67. The SMILES string of the molecule is COc1cc(Br)c(SC)cc1C=O. The predicted octanol–water partition coefficient (Wildman–Crippen LogP) is 2.99. The van der Waals surface area contributed by atoms with Crippen LogP contribution in [0, 0.1) is 0 Å². The maximum atomic E-state index is 10.7. The zero-order valence-electron chi connectivity index (χ0n) is 7.33. The van der Waals surface area contributed by atoms with E-state index < -0.39 is 0 Å². The molecular formula is C9H9BrO2S. The van der Waals surface area contributed by atoms with Crippen LogP contribution in [0.3, 0.4) is 0 Å². The number of hydrogen-bond donors (Lipinski definition) is 0. The van der Waals surface area contributed by atoms with Gasteiger partial charge in [0, 0.05) is 9.37 Å². The lowest BCUT2D eigenvalue weighted by Gasteiger charge is -2.07. The van der Waals surface area contributed by atoms with Crippen LogP contribution in [0.5, 0.6) is 5.75 Å². The molecule has 0 amide bonds. The third kappa shape index (κ3) is 2.25. The van der Waals surface area contributed by atoms with Crippen LogP contribution < -0.4 is 4.74 Å². The van der Waals surface area contributed by atoms with Gasteiger partial charge < -0.3 is 4.74 Å². The van der Waals surface area contributed by atoms with Gasteiger partial charge in [0.1, 0.15) is 5.75 Å². The molecule has 2 nitrogen and oxygen atoms in total. The third-order valence-corrected chi connectivity index (χ3v) is 3.33. The Morgan fingerprint density at radius 3 is 2.69 bits per heavy atom. The van der Waals surface area contributed by atoms with Gasteiger partial charge in [-0.05, 0) is 34.3 Å². The molecule has 13 heavy (non-hydrogen) atoms. The Labute approximate surface area is 89.8 Å². The summed E-state index contributed by atoms with van der Waals surface area (Å²) in [7, 11) is 1.55. The molecule has 0 aliphatic heterocycles. The second-order valence-electron chi connectivity index (χ2n) is 2.35. The molecule has 0 bridgehead atoms. The van der Waals surface area contributed by atoms with Crippen molar-refractivity contribution in [3.05, 3.63) is 22.2 Å². The summed E-state index contributed by atoms with van der Waals surface area (Å²) in [5.74, 6) is 0.597. The minimum Gasteiger partial charge on any atom is -0.496 e. The molecular weight excluding hydrogens is 252 g/mol. The molecule has 4 heteroatoms. The van der Waals surface area contributed by atoms with Crippen molar-refractivity contribution in [2.24, 2.45) is 0 Å². The molecule has 70 valence electrons. The number of hydrogen-bond acceptors (Lipinski definition) is 3. The van der Waals surface area contributed by atoms with Gasteiger partial charge in [0.15, 0.2) is 6.29 Å². The Morgan fingerprint density at radius 1 is 1.54 bits per heavy atom. The van der Waals surface area contributed by atoms with E-state index in [1.165, 1.54) is 0 Å². The molecule has 1 aromatic carbocycles. The zero-order chi connectivity index (χ0) is 9.84. The Hall–Kier alpha value is -0.480. The van der Waals surface area contributed by atoms with Gasteiger partial charge in [-0.1, -0.05) is 0 Å². The summed E-state index contributed by atoms with van der Waals surface area (Å²) in [5, 5.41) is 0. The zero-order valence-corrected chi connectivity index (χ0v) is 9.74. The summed E-state index contributed by atoms with van der Waals surface area (Å²) in [6, 6.07) is 3.61. The van der Waals surface area contributed by atoms with Crippen LogP contribution in [0.4, 0.5) is 0 Å². The maximum absolute atomic E-state index is 10.7. The summed E-state index contributed by atoms with van der Waals surface area (Å²) in [6.45, 7) is 0. The number of thioether (sulfide) groups is 1. The first-order chi connectivity index (χ1) is 6.22. The molecule has 0 aliphatic rings. The lowest BCUT2D eigenvalue weighted by atomic mass is 10.2. The van der Waals surface area contributed by atoms with Crippen LogP contribution >= 0.6 is 27.7 Å². The van der Waals surface area contributed by atoms with Gasteiger partial charge in [-0.3, -0.25) is 4.79 Å². The average Bonchev–Trinajstić information content (AvgIpc) is 2.17. The number of rotatable bonds is 3. The molecule has 0 fully saturated rings. The van der Waals surface area contributed by atoms with Gasteiger partial charge in [0.2, 0.25) is 0 Å². The van der Waals surface area contributed by atoms with Crippen molar-refractivity contribution in [3.8, 4) is 5.75 Å². The van der Waals surface area contributed by atoms with E-state index in [0.29, 0.717) is 11.3 Å². The van der Waals surface area contributed by atoms with E-state index in [-0.39, 0.29) is 0 Å². The lowest BCUT2D eigenvalue weighted by Crippen LogP contribution is -1.91. The van der Waals surface area contributed by atoms with Crippen molar-refractivity contribution >= 4 is 34.0 Å². The van der Waals surface area contributed by atoms with Gasteiger partial charge in [0.25, 0.3) is 0 Å². The van der Waals surface area contributed by atoms with Crippen molar-refractivity contribution in [2.45, 2.75) is 4.90 Å². The predicted molar refractivity (Wildman–Crippen MR) is 57.9 cm³/mol. The first-order valence-electron chi connectivity index (χ1n) is 3.59. The normalized spacial score (nSPS) is 9.77. The van der Waals surface area contributed by atoms with Gasteiger partial charge >= 0.3 is 0 Å². The minimum atomic E-state index is 0.579. The summed E-state index contributed by atoms with van der Waals surface area (Å²) in [4.78, 5) is 11.7. The smallest absolute Gasteiger partial charge is 0.153 e. The van der Waals surface area contributed by atoms with Crippen LogP contribution in [0.1, 0.15) is 10.4 Å². The van der Waals surface area contributed by atoms with E-state index in [1.54, 1.807) is 31.0 Å². The Balaban J connectivity index is 3.26. The molecule has 1 aromatic rings.